The van der Waals surface area contributed by atoms with Gasteiger partial charge in [0.25, 0.3) is 0 Å². The predicted octanol–water partition coefficient (Wildman–Crippen LogP) is 6.53. The van der Waals surface area contributed by atoms with Crippen LogP contribution in [-0.4, -0.2) is 16.0 Å². The monoisotopic (exact) mass is 371 g/mol. The second-order valence-electron chi connectivity index (χ2n) is 7.57. The van der Waals surface area contributed by atoms with Crippen LogP contribution in [0.15, 0.2) is 6.20 Å². The highest BCUT2D eigenvalue weighted by Crippen LogP contribution is 2.34. The molecule has 0 aliphatic heterocycles. The number of hydrogen-bond acceptors (Lipinski definition) is 3. The molecule has 2 aliphatic rings. The normalized spacial score (nSPS) is 19.6. The van der Waals surface area contributed by atoms with Crippen LogP contribution in [0.3, 0.4) is 0 Å². The summed E-state index contributed by atoms with van der Waals surface area (Å²) in [6.45, 7) is 3.90. The third kappa shape index (κ3) is 6.76. The van der Waals surface area contributed by atoms with Crippen LogP contribution in [0.25, 0.3) is 0 Å². The highest BCUT2D eigenvalue weighted by molar-refractivity contribution is 5.45. The topological polar surface area (TPSA) is 37.8 Å². The van der Waals surface area contributed by atoms with E-state index < -0.39 is 11.7 Å². The molecule has 1 aromatic rings. The van der Waals surface area contributed by atoms with Gasteiger partial charge in [0.15, 0.2) is 0 Å². The van der Waals surface area contributed by atoms with Crippen molar-refractivity contribution >= 4 is 5.82 Å². The Bertz CT molecular complexity index is 534. The van der Waals surface area contributed by atoms with Crippen molar-refractivity contribution in [3.8, 4) is 0 Å². The van der Waals surface area contributed by atoms with Gasteiger partial charge in [-0.05, 0) is 25.7 Å². The van der Waals surface area contributed by atoms with Gasteiger partial charge in [-0.2, -0.15) is 13.2 Å². The molecule has 148 valence electrons. The first-order valence-corrected chi connectivity index (χ1v) is 10.1. The van der Waals surface area contributed by atoms with E-state index in [4.69, 9.17) is 0 Å². The number of hydrogen-bond donors (Lipinski definition) is 1. The summed E-state index contributed by atoms with van der Waals surface area (Å²) < 4.78 is 38.4. The number of alkyl halides is 3. The van der Waals surface area contributed by atoms with Crippen molar-refractivity contribution in [3.05, 3.63) is 17.6 Å². The van der Waals surface area contributed by atoms with E-state index in [1.165, 1.54) is 38.5 Å². The molecule has 1 N–H and O–H groups in total. The fourth-order valence-electron chi connectivity index (χ4n) is 3.82. The fraction of sp³-hybridized carbons (Fsp3) is 0.800. The maximum absolute atomic E-state index is 12.8. The lowest BCUT2D eigenvalue weighted by molar-refractivity contribution is -0.137. The van der Waals surface area contributed by atoms with Crippen molar-refractivity contribution in [2.75, 3.05) is 5.32 Å². The van der Waals surface area contributed by atoms with E-state index in [2.05, 4.69) is 22.2 Å². The Hall–Kier alpha value is -1.33. The predicted molar refractivity (Wildman–Crippen MR) is 99.1 cm³/mol. The second kappa shape index (κ2) is 10.1. The number of halogens is 3. The Labute approximate surface area is 155 Å². The van der Waals surface area contributed by atoms with Crippen LogP contribution < -0.4 is 5.32 Å². The largest absolute Gasteiger partial charge is 0.421 e. The molecule has 0 radical (unpaired) electrons. The summed E-state index contributed by atoms with van der Waals surface area (Å²) in [5.74, 6) is 1.35. The van der Waals surface area contributed by atoms with E-state index in [9.17, 15) is 13.2 Å². The lowest BCUT2D eigenvalue weighted by Gasteiger charge is -2.24. The molecule has 6 heteroatoms. The molecule has 2 aliphatic carbocycles. The van der Waals surface area contributed by atoms with E-state index in [-0.39, 0.29) is 11.9 Å². The molecule has 2 saturated carbocycles. The Morgan fingerprint density at radius 3 is 2.08 bits per heavy atom. The van der Waals surface area contributed by atoms with Crippen molar-refractivity contribution < 1.29 is 13.2 Å². The highest BCUT2D eigenvalue weighted by Gasteiger charge is 2.35. The van der Waals surface area contributed by atoms with Gasteiger partial charge in [-0.15, -0.1) is 0 Å². The number of rotatable bonds is 3. The summed E-state index contributed by atoms with van der Waals surface area (Å²) in [4.78, 5) is 7.52. The molecule has 3 nitrogen and oxygen atoms in total. The summed E-state index contributed by atoms with van der Waals surface area (Å²) in [5, 5.41) is 2.93. The quantitative estimate of drug-likeness (QED) is 0.657. The van der Waals surface area contributed by atoms with Gasteiger partial charge in [0, 0.05) is 12.2 Å². The summed E-state index contributed by atoms with van der Waals surface area (Å²) in [6.07, 6.45) is 10.5. The molecule has 0 bridgehead atoms. The Kier molecular flexibility index (Phi) is 8.16. The van der Waals surface area contributed by atoms with Crippen molar-refractivity contribution in [2.24, 2.45) is 5.92 Å². The molecule has 0 unspecified atom stereocenters. The zero-order valence-electron chi connectivity index (χ0n) is 16.0. The van der Waals surface area contributed by atoms with Gasteiger partial charge in [-0.3, -0.25) is 0 Å². The molecular formula is C20H32F3N3. The number of anilines is 1. The molecule has 0 aromatic carbocycles. The number of aromatic nitrogens is 2. The average Bonchev–Trinajstić information content (AvgIpc) is 2.63. The van der Waals surface area contributed by atoms with E-state index in [0.29, 0.717) is 5.82 Å². The van der Waals surface area contributed by atoms with Gasteiger partial charge < -0.3 is 5.32 Å². The number of aryl methyl sites for hydroxylation is 1. The first-order valence-electron chi connectivity index (χ1n) is 10.1. The van der Waals surface area contributed by atoms with Crippen molar-refractivity contribution in [3.63, 3.8) is 0 Å². The van der Waals surface area contributed by atoms with Crippen LogP contribution in [0.1, 0.15) is 88.9 Å². The van der Waals surface area contributed by atoms with Gasteiger partial charge in [0.2, 0.25) is 0 Å². The van der Waals surface area contributed by atoms with Gasteiger partial charge in [-0.25, -0.2) is 9.97 Å². The van der Waals surface area contributed by atoms with Gasteiger partial charge >= 0.3 is 6.18 Å². The molecule has 0 amide bonds. The third-order valence-corrected chi connectivity index (χ3v) is 5.46. The molecule has 1 heterocycles. The molecular weight excluding hydrogens is 339 g/mol. The van der Waals surface area contributed by atoms with Gasteiger partial charge in [0.1, 0.15) is 17.2 Å². The van der Waals surface area contributed by atoms with Crippen LogP contribution in [0.5, 0.6) is 0 Å². The summed E-state index contributed by atoms with van der Waals surface area (Å²) in [5.41, 5.74) is -0.779. The van der Waals surface area contributed by atoms with Crippen LogP contribution in [0, 0.1) is 12.8 Å². The SMILES string of the molecule is CCC1CCCCC1.Cc1ncc(C(F)(F)F)c(NC2CCCCC2)n1. The van der Waals surface area contributed by atoms with E-state index in [1.807, 2.05) is 0 Å². The van der Waals surface area contributed by atoms with E-state index in [0.717, 1.165) is 44.2 Å². The van der Waals surface area contributed by atoms with Crippen LogP contribution in [-0.2, 0) is 6.18 Å². The summed E-state index contributed by atoms with van der Waals surface area (Å²) in [6, 6.07) is 0.0918. The van der Waals surface area contributed by atoms with Crippen LogP contribution in [0.4, 0.5) is 19.0 Å². The zero-order valence-corrected chi connectivity index (χ0v) is 16.0. The van der Waals surface area contributed by atoms with Crippen molar-refractivity contribution in [2.45, 2.75) is 96.7 Å². The molecule has 0 spiro atoms. The minimum atomic E-state index is -4.41. The third-order valence-electron chi connectivity index (χ3n) is 5.46. The van der Waals surface area contributed by atoms with Gasteiger partial charge in [0.05, 0.1) is 0 Å². The standard InChI is InChI=1S/C12H16F3N3.C8H16/c1-8-16-7-10(12(13,14)15)11(17-8)18-9-5-3-2-4-6-9;1-2-8-6-4-3-5-7-8/h7,9H,2-6H2,1H3,(H,16,17,18);8H,2-7H2,1H3. The highest BCUT2D eigenvalue weighted by atomic mass is 19.4. The minimum absolute atomic E-state index is 0.0816. The molecule has 1 aromatic heterocycles. The number of nitrogens with one attached hydrogen (secondary N) is 1. The molecule has 2 fully saturated rings. The molecule has 26 heavy (non-hydrogen) atoms. The Balaban J connectivity index is 0.000000254. The molecule has 0 atom stereocenters. The Morgan fingerprint density at radius 2 is 1.58 bits per heavy atom. The number of nitrogens with zero attached hydrogens (tertiary/aromatic N) is 2. The maximum atomic E-state index is 12.8. The summed E-state index contributed by atoms with van der Waals surface area (Å²) in [7, 11) is 0. The smallest absolute Gasteiger partial charge is 0.367 e. The lowest BCUT2D eigenvalue weighted by Crippen LogP contribution is -2.25. The maximum Gasteiger partial charge on any atom is 0.421 e. The average molecular weight is 371 g/mol. The van der Waals surface area contributed by atoms with Gasteiger partial charge in [-0.1, -0.05) is 64.7 Å². The van der Waals surface area contributed by atoms with Crippen LogP contribution in [0.2, 0.25) is 0 Å². The molecule has 3 rings (SSSR count). The second-order valence-corrected chi connectivity index (χ2v) is 7.57. The van der Waals surface area contributed by atoms with E-state index >= 15 is 0 Å². The fourth-order valence-corrected chi connectivity index (χ4v) is 3.82. The van der Waals surface area contributed by atoms with E-state index in [1.54, 1.807) is 6.92 Å². The Morgan fingerprint density at radius 1 is 1.00 bits per heavy atom. The first kappa shape index (κ1) is 21.0. The molecule has 0 saturated heterocycles. The first-order chi connectivity index (χ1) is 12.4. The zero-order chi connectivity index (χ0) is 19.0. The van der Waals surface area contributed by atoms with Crippen LogP contribution >= 0.6 is 0 Å². The van der Waals surface area contributed by atoms with Crippen molar-refractivity contribution in [1.82, 2.24) is 9.97 Å². The van der Waals surface area contributed by atoms with Crippen molar-refractivity contribution in [1.29, 1.82) is 0 Å². The minimum Gasteiger partial charge on any atom is -0.367 e. The summed E-state index contributed by atoms with van der Waals surface area (Å²) >= 11 is 0. The lowest BCUT2D eigenvalue weighted by atomic mass is 9.88.